The van der Waals surface area contributed by atoms with Crippen molar-refractivity contribution in [2.45, 2.75) is 19.7 Å². The van der Waals surface area contributed by atoms with Gasteiger partial charge in [0.1, 0.15) is 18.1 Å². The molecule has 10 heteroatoms. The number of furan rings is 1. The van der Waals surface area contributed by atoms with Crippen molar-refractivity contribution in [3.63, 3.8) is 0 Å². The lowest BCUT2D eigenvalue weighted by Crippen LogP contribution is -2.16. The van der Waals surface area contributed by atoms with Crippen LogP contribution in [0.4, 0.5) is 18.9 Å². The largest absolute Gasteiger partial charge is 0.486 e. The Morgan fingerprint density at radius 1 is 1.33 bits per heavy atom. The highest BCUT2D eigenvalue weighted by atomic mass is 35.5. The van der Waals surface area contributed by atoms with Gasteiger partial charge in [-0.05, 0) is 37.3 Å². The second-order valence-corrected chi connectivity index (χ2v) is 5.97. The lowest BCUT2D eigenvalue weighted by molar-refractivity contribution is -0.140. The van der Waals surface area contributed by atoms with E-state index in [0.717, 1.165) is 0 Å². The maximum Gasteiger partial charge on any atom is 0.437 e. The first-order valence-corrected chi connectivity index (χ1v) is 8.02. The van der Waals surface area contributed by atoms with E-state index in [1.807, 2.05) is 0 Å². The van der Waals surface area contributed by atoms with Gasteiger partial charge in [-0.2, -0.15) is 18.3 Å². The topological polar surface area (TPSA) is 80.2 Å². The van der Waals surface area contributed by atoms with Gasteiger partial charge in [0.25, 0.3) is 5.91 Å². The summed E-state index contributed by atoms with van der Waals surface area (Å²) in [6.07, 6.45) is -4.70. The number of rotatable bonds is 5. The van der Waals surface area contributed by atoms with Crippen LogP contribution in [-0.4, -0.2) is 16.1 Å². The Morgan fingerprint density at radius 3 is 2.81 bits per heavy atom. The maximum atomic E-state index is 12.9. The zero-order valence-corrected chi connectivity index (χ0v) is 14.6. The number of H-pyrrole nitrogens is 1. The number of benzene rings is 1. The number of halogens is 4. The molecule has 0 atom stereocenters. The van der Waals surface area contributed by atoms with Crippen molar-refractivity contribution >= 4 is 23.2 Å². The average molecular weight is 400 g/mol. The molecule has 1 aromatic carbocycles. The highest BCUT2D eigenvalue weighted by molar-refractivity contribution is 6.30. The predicted octanol–water partition coefficient (Wildman–Crippen LogP) is 4.81. The normalized spacial score (nSPS) is 11.4. The maximum absolute atomic E-state index is 12.9. The minimum absolute atomic E-state index is 0.0200. The van der Waals surface area contributed by atoms with E-state index in [9.17, 15) is 18.0 Å². The number of aryl methyl sites for hydroxylation is 1. The smallest absolute Gasteiger partial charge is 0.437 e. The average Bonchev–Trinajstić information content (AvgIpc) is 3.20. The van der Waals surface area contributed by atoms with Gasteiger partial charge in [-0.15, -0.1) is 0 Å². The van der Waals surface area contributed by atoms with Crippen LogP contribution in [0, 0.1) is 6.92 Å². The lowest BCUT2D eigenvalue weighted by atomic mass is 10.2. The minimum atomic E-state index is -4.70. The van der Waals surface area contributed by atoms with Crippen LogP contribution in [0.25, 0.3) is 0 Å². The molecule has 1 amide bonds. The molecule has 0 aliphatic rings. The molecule has 27 heavy (non-hydrogen) atoms. The van der Waals surface area contributed by atoms with Crippen LogP contribution in [0.2, 0.25) is 5.02 Å². The quantitative estimate of drug-likeness (QED) is 0.645. The number of aromatic nitrogens is 2. The van der Waals surface area contributed by atoms with Gasteiger partial charge in [0, 0.05) is 5.02 Å². The summed E-state index contributed by atoms with van der Waals surface area (Å²) in [5.41, 5.74) is -1.57. The molecule has 3 rings (SSSR count). The number of anilines is 1. The SMILES string of the molecule is Cc1[nH]nc(C(F)(F)F)c1NC(=O)c1ccc(COc2cccc(Cl)c2)o1. The molecule has 0 aliphatic carbocycles. The molecule has 0 fully saturated rings. The van der Waals surface area contributed by atoms with Crippen LogP contribution in [0.15, 0.2) is 40.8 Å². The highest BCUT2D eigenvalue weighted by Crippen LogP contribution is 2.34. The van der Waals surface area contributed by atoms with Gasteiger partial charge in [0.15, 0.2) is 11.5 Å². The van der Waals surface area contributed by atoms with Gasteiger partial charge in [-0.1, -0.05) is 17.7 Å². The zero-order chi connectivity index (χ0) is 19.6. The molecule has 6 nitrogen and oxygen atoms in total. The van der Waals surface area contributed by atoms with Crippen LogP contribution in [0.5, 0.6) is 5.75 Å². The summed E-state index contributed by atoms with van der Waals surface area (Å²) in [5, 5.41) is 8.06. The van der Waals surface area contributed by atoms with E-state index in [1.54, 1.807) is 24.3 Å². The van der Waals surface area contributed by atoms with Crippen molar-refractivity contribution in [1.82, 2.24) is 10.2 Å². The number of aromatic amines is 1. The highest BCUT2D eigenvalue weighted by Gasteiger charge is 2.38. The first-order chi connectivity index (χ1) is 12.7. The zero-order valence-electron chi connectivity index (χ0n) is 13.9. The first kappa shape index (κ1) is 18.8. The molecule has 2 aromatic heterocycles. The van der Waals surface area contributed by atoms with Crippen LogP contribution in [0.3, 0.4) is 0 Å². The van der Waals surface area contributed by atoms with E-state index in [0.29, 0.717) is 16.5 Å². The summed E-state index contributed by atoms with van der Waals surface area (Å²) in [4.78, 5) is 12.2. The molecule has 0 aliphatic heterocycles. The van der Waals surface area contributed by atoms with E-state index < -0.39 is 23.5 Å². The number of alkyl halides is 3. The molecule has 0 saturated carbocycles. The molecular formula is C17H13ClF3N3O3. The summed E-state index contributed by atoms with van der Waals surface area (Å²) >= 11 is 5.85. The summed E-state index contributed by atoms with van der Waals surface area (Å²) in [5.74, 6) is -0.166. The first-order valence-electron chi connectivity index (χ1n) is 7.64. The minimum Gasteiger partial charge on any atom is -0.486 e. The Balaban J connectivity index is 1.68. The predicted molar refractivity (Wildman–Crippen MR) is 90.8 cm³/mol. The van der Waals surface area contributed by atoms with E-state index in [2.05, 4.69) is 15.5 Å². The lowest BCUT2D eigenvalue weighted by Gasteiger charge is -2.08. The third kappa shape index (κ3) is 4.43. The Bertz CT molecular complexity index is 966. The summed E-state index contributed by atoms with van der Waals surface area (Å²) in [6.45, 7) is 1.39. The van der Waals surface area contributed by atoms with Crippen molar-refractivity contribution in [1.29, 1.82) is 0 Å². The van der Waals surface area contributed by atoms with Gasteiger partial charge >= 0.3 is 6.18 Å². The van der Waals surface area contributed by atoms with Crippen molar-refractivity contribution in [3.8, 4) is 5.75 Å². The summed E-state index contributed by atoms with van der Waals surface area (Å²) in [6, 6.07) is 9.54. The Labute approximate surface area is 156 Å². The van der Waals surface area contributed by atoms with Gasteiger partial charge in [-0.3, -0.25) is 9.89 Å². The molecule has 2 N–H and O–H groups in total. The Hall–Kier alpha value is -2.94. The molecular weight excluding hydrogens is 387 g/mol. The van der Waals surface area contributed by atoms with E-state index >= 15 is 0 Å². The number of nitrogens with zero attached hydrogens (tertiary/aromatic N) is 1. The molecule has 2 heterocycles. The number of hydrogen-bond donors (Lipinski definition) is 2. The third-order valence-corrected chi connectivity index (χ3v) is 3.75. The molecule has 0 saturated heterocycles. The number of carbonyl (C=O) groups excluding carboxylic acids is 1. The number of amides is 1. The van der Waals surface area contributed by atoms with Crippen LogP contribution >= 0.6 is 11.6 Å². The van der Waals surface area contributed by atoms with Crippen LogP contribution in [0.1, 0.15) is 27.7 Å². The molecule has 0 bridgehead atoms. The van der Waals surface area contributed by atoms with E-state index in [1.165, 1.54) is 19.1 Å². The van der Waals surface area contributed by atoms with Crippen LogP contribution < -0.4 is 10.1 Å². The summed E-state index contributed by atoms with van der Waals surface area (Å²) < 4.78 is 49.6. The fourth-order valence-electron chi connectivity index (χ4n) is 2.25. The Morgan fingerprint density at radius 2 is 2.11 bits per heavy atom. The second kappa shape index (κ2) is 7.36. The fourth-order valence-corrected chi connectivity index (χ4v) is 2.43. The number of hydrogen-bond acceptors (Lipinski definition) is 4. The fraction of sp³-hybridized carbons (Fsp3) is 0.176. The molecule has 0 spiro atoms. The van der Waals surface area contributed by atoms with Gasteiger partial charge in [0.2, 0.25) is 0 Å². The number of nitrogens with one attached hydrogen (secondary N) is 2. The number of ether oxygens (including phenoxy) is 1. The summed E-state index contributed by atoms with van der Waals surface area (Å²) in [7, 11) is 0. The molecule has 0 radical (unpaired) electrons. The van der Waals surface area contributed by atoms with Crippen molar-refractivity contribution in [2.75, 3.05) is 5.32 Å². The number of carbonyl (C=O) groups is 1. The molecule has 142 valence electrons. The molecule has 3 aromatic rings. The standard InChI is InChI=1S/C17H13ClF3N3O3/c1-9-14(15(24-23-9)17(19,20)21)22-16(25)13-6-5-12(27-13)8-26-11-4-2-3-10(18)7-11/h2-7H,8H2,1H3,(H,22,25)(H,23,24). The van der Waals surface area contributed by atoms with Crippen molar-refractivity contribution in [2.24, 2.45) is 0 Å². The van der Waals surface area contributed by atoms with E-state index in [-0.39, 0.29) is 18.1 Å². The van der Waals surface area contributed by atoms with Crippen molar-refractivity contribution < 1.29 is 27.1 Å². The third-order valence-electron chi connectivity index (χ3n) is 3.52. The van der Waals surface area contributed by atoms with Crippen LogP contribution in [-0.2, 0) is 12.8 Å². The second-order valence-electron chi connectivity index (χ2n) is 5.54. The monoisotopic (exact) mass is 399 g/mol. The van der Waals surface area contributed by atoms with Gasteiger partial charge < -0.3 is 14.5 Å². The van der Waals surface area contributed by atoms with Crippen molar-refractivity contribution in [3.05, 3.63) is 64.3 Å². The van der Waals surface area contributed by atoms with Gasteiger partial charge in [-0.25, -0.2) is 0 Å². The molecule has 0 unspecified atom stereocenters. The Kier molecular flexibility index (Phi) is 5.13. The van der Waals surface area contributed by atoms with Gasteiger partial charge in [0.05, 0.1) is 11.4 Å². The van der Waals surface area contributed by atoms with E-state index in [4.69, 9.17) is 20.8 Å².